The Labute approximate surface area is 749 Å². The molecular weight excluding hydrogens is 1630 g/mol. The molecule has 32 nitrogen and oxygen atoms in total. The van der Waals surface area contributed by atoms with Crippen molar-refractivity contribution in [2.75, 3.05) is 148 Å². The molecule has 0 heterocycles. The van der Waals surface area contributed by atoms with Gasteiger partial charge in [-0.15, -0.1) is 0 Å². The van der Waals surface area contributed by atoms with E-state index in [0.717, 1.165) is 0 Å². The van der Waals surface area contributed by atoms with E-state index in [1.54, 1.807) is 0 Å². The number of benzene rings is 8. The zero-order valence-corrected chi connectivity index (χ0v) is 75.0. The maximum absolute atomic E-state index is 13.8. The summed E-state index contributed by atoms with van der Waals surface area (Å²) in [6.45, 7) is 14.5. The van der Waals surface area contributed by atoms with E-state index >= 15 is 0 Å². The third kappa shape index (κ3) is 27.8. The molecule has 8 aromatic rings. The van der Waals surface area contributed by atoms with Crippen molar-refractivity contribution in [1.29, 1.82) is 0 Å². The molecule has 1 aliphatic carbocycles. The van der Waals surface area contributed by atoms with Crippen LogP contribution in [0.1, 0.15) is 196 Å². The molecular formula is C96H128N16O16. The van der Waals surface area contributed by atoms with Gasteiger partial charge in [-0.1, -0.05) is 55.4 Å². The van der Waals surface area contributed by atoms with Gasteiger partial charge in [0.15, 0.2) is 0 Å². The molecule has 24 N–H and O–H groups in total. The van der Waals surface area contributed by atoms with E-state index in [0.29, 0.717) is 232 Å². The molecule has 128 heavy (non-hydrogen) atoms. The molecule has 8 aromatic carbocycles. The third-order valence-electron chi connectivity index (χ3n) is 20.3. The summed E-state index contributed by atoms with van der Waals surface area (Å²) < 4.78 is 56.1. The van der Waals surface area contributed by atoms with Gasteiger partial charge in [-0.25, -0.2) is 0 Å². The standard InChI is InChI=1S/C96H128N16O16/c1-9-17-121-89-57-25-59-35-74(106-82(114)50-98)37-61(90(59)122-18-10-2)27-63-39-76(108-84(116)52-100)41-65(92(63)124-20-12-4)29-67-43-78(110-86(118)54-102)45-69(94(67)126-22-14-6)31-71-47-80(112-88(120)56-104)48-72(96(71)128-24-16-8)32-70-46-79(111-87(119)55-103)44-68(95(70)127-23-15-7)30-66-42-77(109-85(117)53-101)40-64(93(66)125-21-13-5)28-62-38-75(107-83(115)51-99)36-60(91(62)123-19-11-3)26-58(89)34-73(33-57)105-81(113)49-97/h33-48H,9-32,49-56,97-104H2,1-8H3,(H,105,113)(H,106,114)(H,107,115)(H,108,116)(H,109,117)(H,110,118)(H,111,119)(H,112,120). The second-order valence-corrected chi connectivity index (χ2v) is 31.2. The first-order chi connectivity index (χ1) is 61.9. The van der Waals surface area contributed by atoms with Crippen molar-refractivity contribution in [3.63, 3.8) is 0 Å². The Balaban J connectivity index is 1.51. The van der Waals surface area contributed by atoms with Crippen LogP contribution in [0.25, 0.3) is 0 Å². The number of nitrogens with one attached hydrogen (secondary N) is 8. The maximum atomic E-state index is 13.8. The average molecular weight is 1760 g/mol. The smallest absolute Gasteiger partial charge is 0.238 e. The zero-order chi connectivity index (χ0) is 92.3. The maximum Gasteiger partial charge on any atom is 0.238 e. The number of nitrogens with two attached hydrogens (primary N) is 8. The molecule has 8 amide bonds. The van der Waals surface area contributed by atoms with E-state index < -0.39 is 47.3 Å². The van der Waals surface area contributed by atoms with Crippen LogP contribution in [0.3, 0.4) is 0 Å². The van der Waals surface area contributed by atoms with Gasteiger partial charge in [0.25, 0.3) is 0 Å². The number of carbonyl (C=O) groups is 8. The summed E-state index contributed by atoms with van der Waals surface area (Å²) in [5.74, 6) is -0.690. The number of fused-ring (bicyclic) bond motifs is 16. The molecule has 9 rings (SSSR count). The van der Waals surface area contributed by atoms with Crippen LogP contribution in [-0.2, 0) is 89.7 Å². The lowest BCUT2D eigenvalue weighted by Gasteiger charge is -2.25. The summed E-state index contributed by atoms with van der Waals surface area (Å²) in [7, 11) is 0. The number of carbonyl (C=O) groups excluding carboxylic acids is 8. The molecule has 16 bridgehead atoms. The van der Waals surface area contributed by atoms with Crippen molar-refractivity contribution >= 4 is 92.8 Å². The SMILES string of the molecule is CCCOc1c2cc(NC(=O)CN)cc1Cc1cc(NC(=O)CN)cc(c1OCCC)Cc1cc(NC(=O)CN)cc(c1OCCC)Cc1cc(NC(=O)CN)cc(c1OCCC)Cc1cc(NC(=O)CN)cc(c1OCCC)Cc1cc(NC(=O)CN)cc(c1OCCC)Cc1cc(NC(=O)CN)cc(c1OCCC)Cc1cc(NC(=O)CN)cc(c1OCCC)C2. The van der Waals surface area contributed by atoms with Crippen molar-refractivity contribution in [3.05, 3.63) is 186 Å². The van der Waals surface area contributed by atoms with E-state index in [4.69, 9.17) is 83.8 Å². The first-order valence-electron chi connectivity index (χ1n) is 44.2. The minimum atomic E-state index is -0.505. The predicted octanol–water partition coefficient (Wildman–Crippen LogP) is 10.2. The highest BCUT2D eigenvalue weighted by Gasteiger charge is 2.30. The number of rotatable bonds is 40. The molecule has 0 unspecified atom stereocenters. The van der Waals surface area contributed by atoms with Gasteiger partial charge in [0.1, 0.15) is 46.0 Å². The van der Waals surface area contributed by atoms with Crippen LogP contribution >= 0.6 is 0 Å². The van der Waals surface area contributed by atoms with Crippen LogP contribution in [0, 0.1) is 0 Å². The molecule has 0 saturated heterocycles. The lowest BCUT2D eigenvalue weighted by atomic mass is 9.90. The summed E-state index contributed by atoms with van der Waals surface area (Å²) in [5, 5.41) is 24.2. The predicted molar refractivity (Wildman–Crippen MR) is 502 cm³/mol. The van der Waals surface area contributed by atoms with Crippen LogP contribution < -0.4 is 126 Å². The van der Waals surface area contributed by atoms with Crippen molar-refractivity contribution in [2.45, 2.75) is 158 Å². The van der Waals surface area contributed by atoms with Crippen molar-refractivity contribution in [2.24, 2.45) is 45.9 Å². The van der Waals surface area contributed by atoms with Crippen LogP contribution in [0.5, 0.6) is 46.0 Å². The number of anilines is 8. The van der Waals surface area contributed by atoms with Gasteiger partial charge in [-0.3, -0.25) is 38.4 Å². The molecule has 32 heteroatoms. The highest BCUT2D eigenvalue weighted by molar-refractivity contribution is 5.97. The molecule has 0 aliphatic heterocycles. The van der Waals surface area contributed by atoms with E-state index in [2.05, 4.69) is 42.5 Å². The molecule has 0 radical (unpaired) electrons. The Morgan fingerprint density at radius 1 is 0.188 bits per heavy atom. The van der Waals surface area contributed by atoms with Gasteiger partial charge >= 0.3 is 0 Å². The quantitative estimate of drug-likeness (QED) is 0.0170. The summed E-state index contributed by atoms with van der Waals surface area (Å²) in [6.07, 6.45) is 4.58. The Morgan fingerprint density at radius 3 is 0.344 bits per heavy atom. The van der Waals surface area contributed by atoms with Crippen LogP contribution in [0.4, 0.5) is 45.5 Å². The van der Waals surface area contributed by atoms with Gasteiger partial charge in [0.05, 0.1) is 105 Å². The number of hydrogen-bond acceptors (Lipinski definition) is 24. The summed E-state index contributed by atoms with van der Waals surface area (Å²) in [4.78, 5) is 111. The van der Waals surface area contributed by atoms with Gasteiger partial charge in [-0.2, -0.15) is 0 Å². The molecule has 1 aliphatic rings. The van der Waals surface area contributed by atoms with Gasteiger partial charge in [0.2, 0.25) is 47.3 Å². The van der Waals surface area contributed by atoms with E-state index in [1.165, 1.54) is 0 Å². The fourth-order valence-electron chi connectivity index (χ4n) is 15.2. The zero-order valence-electron chi connectivity index (χ0n) is 75.0. The molecule has 0 saturated carbocycles. The van der Waals surface area contributed by atoms with Crippen LogP contribution in [0.2, 0.25) is 0 Å². The number of hydrogen-bond donors (Lipinski definition) is 16. The van der Waals surface area contributed by atoms with E-state index in [1.807, 2.05) is 152 Å². The van der Waals surface area contributed by atoms with Gasteiger partial charge in [-0.05, 0) is 148 Å². The highest BCUT2D eigenvalue weighted by atomic mass is 16.5. The molecule has 688 valence electrons. The summed E-state index contributed by atoms with van der Waals surface area (Å²) in [6, 6.07) is 28.9. The first-order valence-corrected chi connectivity index (χ1v) is 44.2. The first kappa shape index (κ1) is 99.4. The second kappa shape index (κ2) is 50.2. The largest absolute Gasteiger partial charge is 0.493 e. The minimum absolute atomic E-state index is 0.0188. The van der Waals surface area contributed by atoms with E-state index in [9.17, 15) is 38.4 Å². The lowest BCUT2D eigenvalue weighted by Crippen LogP contribution is -2.23. The monoisotopic (exact) mass is 1760 g/mol. The summed E-state index contributed by atoms with van der Waals surface area (Å²) in [5.41, 5.74) is 60.5. The third-order valence-corrected chi connectivity index (χ3v) is 20.3. The Bertz CT molecular complexity index is 4090. The Kier molecular flexibility index (Phi) is 39.0. The Hall–Kier alpha value is -12.4. The van der Waals surface area contributed by atoms with Gasteiger partial charge in [0, 0.05) is 186 Å². The summed E-state index contributed by atoms with van der Waals surface area (Å²) >= 11 is 0. The topological polar surface area (TPSA) is 515 Å². The second-order valence-electron chi connectivity index (χ2n) is 31.2. The number of amides is 8. The van der Waals surface area contributed by atoms with Crippen LogP contribution in [0.15, 0.2) is 97.1 Å². The normalized spacial score (nSPS) is 11.9. The average Bonchev–Trinajstić information content (AvgIpc) is 0.778. The Morgan fingerprint density at radius 2 is 0.273 bits per heavy atom. The molecule has 0 fully saturated rings. The van der Waals surface area contributed by atoms with Gasteiger partial charge < -0.3 is 126 Å². The minimum Gasteiger partial charge on any atom is -0.493 e. The fourth-order valence-corrected chi connectivity index (χ4v) is 15.2. The van der Waals surface area contributed by atoms with Crippen molar-refractivity contribution < 1.29 is 76.3 Å². The fraction of sp³-hybridized carbons (Fsp3) is 0.417. The molecule has 0 aromatic heterocycles. The van der Waals surface area contributed by atoms with E-state index in [-0.39, 0.29) is 157 Å². The molecule has 0 spiro atoms. The molecule has 0 atom stereocenters. The lowest BCUT2D eigenvalue weighted by molar-refractivity contribution is -0.115. The van der Waals surface area contributed by atoms with Crippen LogP contribution in [-0.4, -0.2) is 152 Å². The van der Waals surface area contributed by atoms with Crippen molar-refractivity contribution in [3.8, 4) is 46.0 Å². The highest BCUT2D eigenvalue weighted by Crippen LogP contribution is 2.47. The number of ether oxygens (including phenoxy) is 8. The van der Waals surface area contributed by atoms with Crippen molar-refractivity contribution in [1.82, 2.24) is 0 Å².